The fraction of sp³-hybridized carbons (Fsp3) is 0.429. The summed E-state index contributed by atoms with van der Waals surface area (Å²) in [4.78, 5) is 24.4. The van der Waals surface area contributed by atoms with E-state index in [0.29, 0.717) is 17.3 Å². The lowest BCUT2D eigenvalue weighted by molar-refractivity contribution is -0.899. The Morgan fingerprint density at radius 1 is 1.27 bits per heavy atom. The van der Waals surface area contributed by atoms with E-state index < -0.39 is 0 Å². The average molecular weight is 366 g/mol. The van der Waals surface area contributed by atoms with Gasteiger partial charge in [0.15, 0.2) is 6.54 Å². The van der Waals surface area contributed by atoms with E-state index in [1.807, 2.05) is 0 Å². The number of primary amides is 1. The molecule has 2 atom stereocenters. The predicted molar refractivity (Wildman–Crippen MR) is 87.6 cm³/mol. The van der Waals surface area contributed by atoms with Crippen molar-refractivity contribution in [3.63, 3.8) is 0 Å². The summed E-state index contributed by atoms with van der Waals surface area (Å²) in [6.07, 6.45) is 1.66. The number of amides is 2. The minimum atomic E-state index is -0.304. The van der Waals surface area contributed by atoms with Crippen LogP contribution >= 0.6 is 34.8 Å². The summed E-state index contributed by atoms with van der Waals surface area (Å²) in [6.45, 7) is 1.64. The standard InChI is InChI=1S/C14H16Cl3N3O2/c15-9-4-10(16)13(11(17)5-9)19-12(21)7-20-3-1-2-8(6-20)14(18)22/h4-5,8H,1-3,6-7H2,(H2,18,22)(H,19,21)/p+1/t8-/m0/s1. The highest BCUT2D eigenvalue weighted by Crippen LogP contribution is 2.33. The molecule has 0 radical (unpaired) electrons. The number of carbonyl (C=O) groups is 2. The van der Waals surface area contributed by atoms with Gasteiger partial charge in [0.1, 0.15) is 0 Å². The molecule has 1 saturated heterocycles. The molecule has 1 aromatic carbocycles. The van der Waals surface area contributed by atoms with Crippen molar-refractivity contribution in [2.75, 3.05) is 25.0 Å². The normalized spacial score (nSPS) is 21.4. The molecule has 5 nitrogen and oxygen atoms in total. The van der Waals surface area contributed by atoms with Gasteiger partial charge in [-0.15, -0.1) is 0 Å². The number of benzene rings is 1. The van der Waals surface area contributed by atoms with E-state index >= 15 is 0 Å². The molecule has 0 spiro atoms. The second-order valence-electron chi connectivity index (χ2n) is 5.42. The zero-order valence-electron chi connectivity index (χ0n) is 11.8. The van der Waals surface area contributed by atoms with Gasteiger partial charge in [-0.25, -0.2) is 0 Å². The maximum atomic E-state index is 12.1. The molecule has 120 valence electrons. The van der Waals surface area contributed by atoms with E-state index in [0.717, 1.165) is 24.3 Å². The monoisotopic (exact) mass is 364 g/mol. The van der Waals surface area contributed by atoms with Crippen molar-refractivity contribution in [1.82, 2.24) is 0 Å². The van der Waals surface area contributed by atoms with Crippen molar-refractivity contribution < 1.29 is 14.5 Å². The zero-order chi connectivity index (χ0) is 16.3. The lowest BCUT2D eigenvalue weighted by Gasteiger charge is -2.27. The second-order valence-corrected chi connectivity index (χ2v) is 6.67. The SMILES string of the molecule is NC(=O)[C@H]1CCC[NH+](CC(=O)Nc2c(Cl)cc(Cl)cc2Cl)C1. The van der Waals surface area contributed by atoms with Crippen LogP contribution < -0.4 is 16.0 Å². The summed E-state index contributed by atoms with van der Waals surface area (Å²) >= 11 is 17.9. The number of quaternary nitrogens is 1. The first-order valence-electron chi connectivity index (χ1n) is 6.94. The van der Waals surface area contributed by atoms with Crippen molar-refractivity contribution in [3.8, 4) is 0 Å². The maximum absolute atomic E-state index is 12.1. The van der Waals surface area contributed by atoms with Crippen LogP contribution in [-0.2, 0) is 9.59 Å². The average Bonchev–Trinajstić information content (AvgIpc) is 2.43. The molecule has 0 aromatic heterocycles. The third-order valence-electron chi connectivity index (χ3n) is 3.70. The van der Waals surface area contributed by atoms with E-state index in [9.17, 15) is 9.59 Å². The number of likely N-dealkylation sites (tertiary alicyclic amines) is 1. The minimum absolute atomic E-state index is 0.167. The van der Waals surface area contributed by atoms with Crippen LogP contribution in [0.15, 0.2) is 12.1 Å². The van der Waals surface area contributed by atoms with Crippen LogP contribution in [0, 0.1) is 5.92 Å². The second kappa shape index (κ2) is 7.51. The Balaban J connectivity index is 1.97. The summed E-state index contributed by atoms with van der Waals surface area (Å²) in [5.74, 6) is -0.688. The Hall–Kier alpha value is -1.01. The third kappa shape index (κ3) is 4.49. The highest BCUT2D eigenvalue weighted by atomic mass is 35.5. The minimum Gasteiger partial charge on any atom is -0.369 e. The van der Waals surface area contributed by atoms with Gasteiger partial charge < -0.3 is 16.0 Å². The number of carbonyl (C=O) groups excluding carboxylic acids is 2. The molecule has 1 unspecified atom stereocenters. The fourth-order valence-electron chi connectivity index (χ4n) is 2.63. The molecule has 2 amide bonds. The van der Waals surface area contributed by atoms with Crippen molar-refractivity contribution in [1.29, 1.82) is 0 Å². The van der Waals surface area contributed by atoms with Gasteiger partial charge in [0.25, 0.3) is 5.91 Å². The van der Waals surface area contributed by atoms with Crippen LogP contribution in [0.25, 0.3) is 0 Å². The summed E-state index contributed by atoms with van der Waals surface area (Å²) in [7, 11) is 0. The summed E-state index contributed by atoms with van der Waals surface area (Å²) in [6, 6.07) is 3.03. The van der Waals surface area contributed by atoms with Crippen LogP contribution in [0.1, 0.15) is 12.8 Å². The molecule has 1 aliphatic rings. The molecule has 2 rings (SSSR count). The molecule has 8 heteroatoms. The van der Waals surface area contributed by atoms with Crippen molar-refractivity contribution in [2.45, 2.75) is 12.8 Å². The van der Waals surface area contributed by atoms with Gasteiger partial charge in [-0.05, 0) is 25.0 Å². The van der Waals surface area contributed by atoms with Crippen LogP contribution in [0.3, 0.4) is 0 Å². The van der Waals surface area contributed by atoms with Gasteiger partial charge in [-0.2, -0.15) is 0 Å². The Labute approximate surface area is 143 Å². The lowest BCUT2D eigenvalue weighted by atomic mass is 9.97. The van der Waals surface area contributed by atoms with Crippen LogP contribution in [0.4, 0.5) is 5.69 Å². The van der Waals surface area contributed by atoms with Gasteiger partial charge in [0.2, 0.25) is 5.91 Å². The highest BCUT2D eigenvalue weighted by Gasteiger charge is 2.28. The van der Waals surface area contributed by atoms with Gasteiger partial charge in [0.05, 0.1) is 34.7 Å². The van der Waals surface area contributed by atoms with Crippen LogP contribution in [-0.4, -0.2) is 31.4 Å². The number of piperidine rings is 1. The fourth-order valence-corrected chi connectivity index (χ4v) is 3.54. The molecule has 1 fully saturated rings. The highest BCUT2D eigenvalue weighted by molar-refractivity contribution is 6.42. The Morgan fingerprint density at radius 2 is 1.91 bits per heavy atom. The first kappa shape index (κ1) is 17.3. The van der Waals surface area contributed by atoms with Crippen molar-refractivity contribution in [3.05, 3.63) is 27.2 Å². The van der Waals surface area contributed by atoms with Gasteiger partial charge in [-0.1, -0.05) is 34.8 Å². The number of nitrogens with one attached hydrogen (secondary N) is 2. The smallest absolute Gasteiger partial charge is 0.279 e. The van der Waals surface area contributed by atoms with Crippen LogP contribution in [0.2, 0.25) is 15.1 Å². The summed E-state index contributed by atoms with van der Waals surface area (Å²) in [5.41, 5.74) is 5.69. The summed E-state index contributed by atoms with van der Waals surface area (Å²) in [5, 5.41) is 3.67. The van der Waals surface area contributed by atoms with E-state index in [-0.39, 0.29) is 34.3 Å². The van der Waals surface area contributed by atoms with E-state index in [2.05, 4.69) is 5.32 Å². The van der Waals surface area contributed by atoms with E-state index in [1.54, 1.807) is 0 Å². The van der Waals surface area contributed by atoms with Crippen molar-refractivity contribution >= 4 is 52.3 Å². The molecule has 1 aromatic rings. The van der Waals surface area contributed by atoms with Gasteiger partial charge in [0, 0.05) is 5.02 Å². The quantitative estimate of drug-likeness (QED) is 0.753. The number of hydrogen-bond acceptors (Lipinski definition) is 2. The summed E-state index contributed by atoms with van der Waals surface area (Å²) < 4.78 is 0. The molecule has 1 heterocycles. The number of anilines is 1. The van der Waals surface area contributed by atoms with E-state index in [1.165, 1.54) is 12.1 Å². The molecule has 22 heavy (non-hydrogen) atoms. The zero-order valence-corrected chi connectivity index (χ0v) is 14.1. The Bertz CT molecular complexity index is 572. The van der Waals surface area contributed by atoms with Crippen molar-refractivity contribution in [2.24, 2.45) is 11.7 Å². The van der Waals surface area contributed by atoms with Gasteiger partial charge >= 0.3 is 0 Å². The molecule has 0 saturated carbocycles. The first-order chi connectivity index (χ1) is 10.4. The maximum Gasteiger partial charge on any atom is 0.279 e. The molecular weight excluding hydrogens is 349 g/mol. The topological polar surface area (TPSA) is 76.6 Å². The molecular formula is C14H17Cl3N3O2+. The third-order valence-corrected chi connectivity index (χ3v) is 4.52. The molecule has 1 aliphatic heterocycles. The Kier molecular flexibility index (Phi) is 5.92. The molecule has 0 aliphatic carbocycles. The van der Waals surface area contributed by atoms with Crippen LogP contribution in [0.5, 0.6) is 0 Å². The number of halogens is 3. The largest absolute Gasteiger partial charge is 0.369 e. The van der Waals surface area contributed by atoms with E-state index in [4.69, 9.17) is 40.5 Å². The molecule has 4 N–H and O–H groups in total. The number of nitrogens with two attached hydrogens (primary N) is 1. The van der Waals surface area contributed by atoms with Gasteiger partial charge in [-0.3, -0.25) is 9.59 Å². The number of hydrogen-bond donors (Lipinski definition) is 3. The number of rotatable bonds is 4. The Morgan fingerprint density at radius 3 is 2.50 bits per heavy atom. The lowest BCUT2D eigenvalue weighted by Crippen LogP contribution is -3.14. The first-order valence-corrected chi connectivity index (χ1v) is 8.07. The predicted octanol–water partition coefficient (Wildman–Crippen LogP) is 1.37. The molecule has 0 bridgehead atoms.